The number of thiocarbonyl (C=S) groups is 1. The molecule has 0 aromatic heterocycles. The maximum Gasteiger partial charge on any atom is 0.276 e. The third-order valence-electron chi connectivity index (χ3n) is 3.55. The van der Waals surface area contributed by atoms with E-state index in [0.717, 1.165) is 11.1 Å². The van der Waals surface area contributed by atoms with Gasteiger partial charge in [0.1, 0.15) is 6.04 Å². The second-order valence-corrected chi connectivity index (χ2v) is 5.38. The Hall–Kier alpha value is -2.53. The number of nitrogens with zero attached hydrogens (tertiary/aromatic N) is 3. The summed E-state index contributed by atoms with van der Waals surface area (Å²) >= 11 is 5.35. The molecular weight excluding hydrogens is 294 g/mol. The third-order valence-corrected chi connectivity index (χ3v) is 4.01. The van der Waals surface area contributed by atoms with Gasteiger partial charge in [-0.15, -0.1) is 0 Å². The topological polar surface area (TPSA) is 35.9 Å². The zero-order chi connectivity index (χ0) is 15.5. The van der Waals surface area contributed by atoms with Gasteiger partial charge in [-0.2, -0.15) is 10.1 Å². The Kier molecular flexibility index (Phi) is 3.98. The number of hydrogen-bond acceptors (Lipinski definition) is 3. The van der Waals surface area contributed by atoms with Gasteiger partial charge in [-0.3, -0.25) is 4.79 Å². The molecule has 2 aromatic rings. The number of amides is 1. The minimum absolute atomic E-state index is 0.133. The average molecular weight is 309 g/mol. The second-order valence-electron chi connectivity index (χ2n) is 5.01. The van der Waals surface area contributed by atoms with Crippen LogP contribution < -0.4 is 0 Å². The van der Waals surface area contributed by atoms with Crippen LogP contribution in [-0.2, 0) is 4.79 Å². The van der Waals surface area contributed by atoms with Gasteiger partial charge in [0, 0.05) is 7.05 Å². The van der Waals surface area contributed by atoms with Gasteiger partial charge in [0.15, 0.2) is 0 Å². The minimum atomic E-state index is -0.415. The summed E-state index contributed by atoms with van der Waals surface area (Å²) in [6.45, 7) is 0. The predicted molar refractivity (Wildman–Crippen MR) is 90.4 cm³/mol. The Morgan fingerprint density at radius 2 is 1.64 bits per heavy atom. The van der Waals surface area contributed by atoms with E-state index in [9.17, 15) is 4.79 Å². The molecule has 0 spiro atoms. The highest BCUT2D eigenvalue weighted by atomic mass is 32.1. The van der Waals surface area contributed by atoms with E-state index in [1.54, 1.807) is 11.1 Å². The number of likely N-dealkylation sites (N-methyl/N-ethyl adjacent to an activating group) is 1. The van der Waals surface area contributed by atoms with Gasteiger partial charge in [0.05, 0.1) is 6.21 Å². The predicted octanol–water partition coefficient (Wildman–Crippen LogP) is 2.82. The molecule has 3 rings (SSSR count). The van der Waals surface area contributed by atoms with Gasteiger partial charge in [-0.25, -0.2) is 0 Å². The largest absolute Gasteiger partial charge is 0.334 e. The molecule has 0 radical (unpaired) electrons. The van der Waals surface area contributed by atoms with Gasteiger partial charge in [-0.05, 0) is 23.3 Å². The minimum Gasteiger partial charge on any atom is -0.334 e. The Labute approximate surface area is 134 Å². The van der Waals surface area contributed by atoms with Crippen LogP contribution >= 0.6 is 12.2 Å². The molecule has 1 fully saturated rings. The van der Waals surface area contributed by atoms with Crippen molar-refractivity contribution in [2.45, 2.75) is 6.04 Å². The lowest BCUT2D eigenvalue weighted by Gasteiger charge is -2.17. The number of rotatable bonds is 3. The Morgan fingerprint density at radius 3 is 2.27 bits per heavy atom. The first-order chi connectivity index (χ1) is 10.7. The number of hydrogen-bond donors (Lipinski definition) is 0. The molecule has 1 amide bonds. The monoisotopic (exact) mass is 309 g/mol. The third kappa shape index (κ3) is 2.63. The molecule has 0 saturated carbocycles. The van der Waals surface area contributed by atoms with Crippen LogP contribution in [0.1, 0.15) is 17.2 Å². The Morgan fingerprint density at radius 1 is 1.05 bits per heavy atom. The highest BCUT2D eigenvalue weighted by Gasteiger charge is 2.41. The summed E-state index contributed by atoms with van der Waals surface area (Å²) < 4.78 is 0. The molecule has 110 valence electrons. The van der Waals surface area contributed by atoms with Crippen LogP contribution in [0.15, 0.2) is 65.8 Å². The normalized spacial score (nSPS) is 18.5. The van der Waals surface area contributed by atoms with E-state index in [0.29, 0.717) is 5.11 Å². The Bertz CT molecular complexity index is 715. The quantitative estimate of drug-likeness (QED) is 0.646. The molecule has 0 aliphatic carbocycles. The van der Waals surface area contributed by atoms with Gasteiger partial charge < -0.3 is 4.90 Å². The van der Waals surface area contributed by atoms with Crippen molar-refractivity contribution >= 4 is 29.5 Å². The molecule has 22 heavy (non-hydrogen) atoms. The van der Waals surface area contributed by atoms with Crippen molar-refractivity contribution in [1.82, 2.24) is 9.91 Å². The summed E-state index contributed by atoms with van der Waals surface area (Å²) in [5.74, 6) is -0.133. The lowest BCUT2D eigenvalue weighted by molar-refractivity contribution is -0.128. The fourth-order valence-corrected chi connectivity index (χ4v) is 2.65. The van der Waals surface area contributed by atoms with E-state index in [4.69, 9.17) is 12.2 Å². The highest BCUT2D eigenvalue weighted by molar-refractivity contribution is 7.80. The van der Waals surface area contributed by atoms with Crippen molar-refractivity contribution in [3.05, 3.63) is 71.8 Å². The van der Waals surface area contributed by atoms with E-state index < -0.39 is 6.04 Å². The SMILES string of the molecule is CN1C(=S)N(/N=C\c2ccccc2)C(=O)[C@@H]1c1ccccc1. The van der Waals surface area contributed by atoms with Crippen LogP contribution in [0.2, 0.25) is 0 Å². The molecule has 1 heterocycles. The summed E-state index contributed by atoms with van der Waals surface area (Å²) in [5.41, 5.74) is 1.83. The molecule has 1 aliphatic heterocycles. The lowest BCUT2D eigenvalue weighted by Crippen LogP contribution is -2.26. The number of hydrazone groups is 1. The molecule has 1 aliphatic rings. The molecule has 0 bridgehead atoms. The van der Waals surface area contributed by atoms with Crippen molar-refractivity contribution in [2.75, 3.05) is 7.05 Å². The van der Waals surface area contributed by atoms with Gasteiger partial charge in [0.25, 0.3) is 5.91 Å². The first kappa shape index (κ1) is 14.4. The van der Waals surface area contributed by atoms with E-state index >= 15 is 0 Å². The standard InChI is InChI=1S/C17H15N3OS/c1-19-15(14-10-6-3-7-11-14)16(21)20(17(19)22)18-12-13-8-4-2-5-9-13/h2-12,15H,1H3/b18-12-/t15-/m0/s1. The number of carbonyl (C=O) groups excluding carboxylic acids is 1. The molecule has 1 saturated heterocycles. The molecule has 1 atom stereocenters. The maximum absolute atomic E-state index is 12.6. The highest BCUT2D eigenvalue weighted by Crippen LogP contribution is 2.29. The van der Waals surface area contributed by atoms with Crippen LogP contribution in [0.4, 0.5) is 0 Å². The summed E-state index contributed by atoms with van der Waals surface area (Å²) in [7, 11) is 1.82. The molecule has 0 unspecified atom stereocenters. The van der Waals surface area contributed by atoms with Crippen LogP contribution in [0.25, 0.3) is 0 Å². The van der Waals surface area contributed by atoms with Crippen molar-refractivity contribution in [1.29, 1.82) is 0 Å². The van der Waals surface area contributed by atoms with Crippen LogP contribution in [0.5, 0.6) is 0 Å². The fraction of sp³-hybridized carbons (Fsp3) is 0.118. The van der Waals surface area contributed by atoms with Gasteiger partial charge in [-0.1, -0.05) is 60.7 Å². The first-order valence-electron chi connectivity index (χ1n) is 6.93. The maximum atomic E-state index is 12.6. The summed E-state index contributed by atoms with van der Waals surface area (Å²) in [4.78, 5) is 14.4. The van der Waals surface area contributed by atoms with Crippen molar-refractivity contribution < 1.29 is 4.79 Å². The molecular formula is C17H15N3OS. The van der Waals surface area contributed by atoms with Gasteiger partial charge >= 0.3 is 0 Å². The Balaban J connectivity index is 1.86. The lowest BCUT2D eigenvalue weighted by atomic mass is 10.1. The first-order valence-corrected chi connectivity index (χ1v) is 7.34. The zero-order valence-corrected chi connectivity index (χ0v) is 12.9. The van der Waals surface area contributed by atoms with Crippen LogP contribution in [-0.4, -0.2) is 34.2 Å². The summed E-state index contributed by atoms with van der Waals surface area (Å²) in [6.07, 6.45) is 1.64. The summed E-state index contributed by atoms with van der Waals surface area (Å²) in [6, 6.07) is 18.8. The average Bonchev–Trinajstić information content (AvgIpc) is 2.77. The van der Waals surface area contributed by atoms with E-state index in [-0.39, 0.29) is 5.91 Å². The van der Waals surface area contributed by atoms with E-state index in [1.807, 2.05) is 67.7 Å². The molecule has 0 N–H and O–H groups in total. The van der Waals surface area contributed by atoms with Crippen molar-refractivity contribution in [2.24, 2.45) is 5.10 Å². The molecule has 5 heteroatoms. The van der Waals surface area contributed by atoms with Crippen molar-refractivity contribution in [3.63, 3.8) is 0 Å². The van der Waals surface area contributed by atoms with E-state index in [2.05, 4.69) is 5.10 Å². The van der Waals surface area contributed by atoms with Crippen molar-refractivity contribution in [3.8, 4) is 0 Å². The number of carbonyl (C=O) groups is 1. The van der Waals surface area contributed by atoms with E-state index in [1.165, 1.54) is 5.01 Å². The smallest absolute Gasteiger partial charge is 0.276 e. The second kappa shape index (κ2) is 6.07. The molecule has 4 nitrogen and oxygen atoms in total. The van der Waals surface area contributed by atoms with Crippen LogP contribution in [0.3, 0.4) is 0 Å². The zero-order valence-electron chi connectivity index (χ0n) is 12.1. The van der Waals surface area contributed by atoms with Gasteiger partial charge in [0.2, 0.25) is 5.11 Å². The molecule has 2 aromatic carbocycles. The summed E-state index contributed by atoms with van der Waals surface area (Å²) in [5, 5.41) is 5.96. The number of benzene rings is 2. The fourth-order valence-electron chi connectivity index (χ4n) is 2.41. The van der Waals surface area contributed by atoms with Crippen LogP contribution in [0, 0.1) is 0 Å².